The maximum atomic E-state index is 12.5. The quantitative estimate of drug-likeness (QED) is 0.670. The fourth-order valence-electron chi connectivity index (χ4n) is 3.11. The number of primary sulfonamides is 1. The van der Waals surface area contributed by atoms with Crippen LogP contribution in [-0.4, -0.2) is 14.3 Å². The minimum absolute atomic E-state index is 0.0416. The summed E-state index contributed by atoms with van der Waals surface area (Å²) in [5.41, 5.74) is 3.14. The molecule has 0 heterocycles. The Morgan fingerprint density at radius 2 is 1.57 bits per heavy atom. The second-order valence-corrected chi connectivity index (χ2v) is 9.06. The molecule has 0 aliphatic heterocycles. The lowest BCUT2D eigenvalue weighted by Gasteiger charge is -2.23. The van der Waals surface area contributed by atoms with E-state index in [0.29, 0.717) is 0 Å². The molecular formula is C22H30N2O3S. The second kappa shape index (κ2) is 9.85. The Hall–Kier alpha value is -2.18. The highest BCUT2D eigenvalue weighted by Crippen LogP contribution is 2.23. The van der Waals surface area contributed by atoms with Crippen molar-refractivity contribution in [1.82, 2.24) is 5.32 Å². The molecule has 0 saturated carbocycles. The maximum absolute atomic E-state index is 12.5. The van der Waals surface area contributed by atoms with E-state index < -0.39 is 10.0 Å². The molecule has 0 fully saturated rings. The first-order valence-corrected chi connectivity index (χ1v) is 11.2. The van der Waals surface area contributed by atoms with Crippen molar-refractivity contribution in [2.45, 2.75) is 57.4 Å². The molecule has 0 bridgehead atoms. The molecule has 1 unspecified atom stereocenters. The first-order valence-electron chi connectivity index (χ1n) is 9.70. The van der Waals surface area contributed by atoms with E-state index in [-0.39, 0.29) is 29.2 Å². The van der Waals surface area contributed by atoms with Crippen LogP contribution in [0.25, 0.3) is 0 Å². The number of amides is 1. The molecule has 6 heteroatoms. The van der Waals surface area contributed by atoms with Gasteiger partial charge >= 0.3 is 0 Å². The Labute approximate surface area is 168 Å². The number of carbonyl (C=O) groups excluding carboxylic acids is 1. The number of nitrogens with one attached hydrogen (secondary N) is 1. The summed E-state index contributed by atoms with van der Waals surface area (Å²) in [6, 6.07) is 14.5. The van der Waals surface area contributed by atoms with E-state index in [1.54, 1.807) is 12.1 Å². The molecule has 0 aliphatic carbocycles. The van der Waals surface area contributed by atoms with Gasteiger partial charge in [-0.2, -0.15) is 0 Å². The van der Waals surface area contributed by atoms with Crippen LogP contribution in [0.3, 0.4) is 0 Å². The maximum Gasteiger partial charge on any atom is 0.238 e. The number of unbranched alkanes of at least 4 members (excludes halogenated alkanes) is 1. The fraction of sp³-hybridized carbons (Fsp3) is 0.409. The standard InChI is InChI=1S/C22H30N2O3S/c1-4-5-6-17-7-11-19(12-8-17)22(16(2)3)24-21(25)15-18-9-13-20(14-10-18)28(23,26)27/h7-14,16,22H,4-6,15H2,1-3H3,(H,24,25)(H2,23,26,27). The van der Waals surface area contributed by atoms with Crippen LogP contribution in [0.2, 0.25) is 0 Å². The van der Waals surface area contributed by atoms with Gasteiger partial charge in [0.05, 0.1) is 17.4 Å². The van der Waals surface area contributed by atoms with Crippen LogP contribution >= 0.6 is 0 Å². The van der Waals surface area contributed by atoms with Gasteiger partial charge in [-0.15, -0.1) is 0 Å². The zero-order valence-corrected chi connectivity index (χ0v) is 17.6. The number of benzene rings is 2. The SMILES string of the molecule is CCCCc1ccc(C(NC(=O)Cc2ccc(S(N)(=O)=O)cc2)C(C)C)cc1. The molecule has 0 spiro atoms. The molecule has 152 valence electrons. The third-order valence-electron chi connectivity index (χ3n) is 4.76. The normalized spacial score (nSPS) is 12.8. The van der Waals surface area contributed by atoms with Crippen LogP contribution in [0.1, 0.15) is 56.3 Å². The number of nitrogens with two attached hydrogens (primary N) is 1. The molecule has 0 aromatic heterocycles. The zero-order valence-electron chi connectivity index (χ0n) is 16.8. The third kappa shape index (κ3) is 6.46. The van der Waals surface area contributed by atoms with Gasteiger partial charge in [0.25, 0.3) is 0 Å². The molecule has 5 nitrogen and oxygen atoms in total. The number of carbonyl (C=O) groups is 1. The molecule has 2 aromatic carbocycles. The minimum atomic E-state index is -3.72. The van der Waals surface area contributed by atoms with Crippen LogP contribution in [0, 0.1) is 5.92 Å². The van der Waals surface area contributed by atoms with E-state index in [1.165, 1.54) is 30.5 Å². The van der Waals surface area contributed by atoms with Crippen molar-refractivity contribution in [3.8, 4) is 0 Å². The highest BCUT2D eigenvalue weighted by atomic mass is 32.2. The van der Waals surface area contributed by atoms with Crippen LogP contribution in [0.5, 0.6) is 0 Å². The van der Waals surface area contributed by atoms with Gasteiger partial charge in [-0.25, -0.2) is 13.6 Å². The molecule has 0 radical (unpaired) electrons. The fourth-order valence-corrected chi connectivity index (χ4v) is 3.63. The summed E-state index contributed by atoms with van der Waals surface area (Å²) < 4.78 is 22.6. The van der Waals surface area contributed by atoms with Crippen LogP contribution in [-0.2, 0) is 27.7 Å². The van der Waals surface area contributed by atoms with Crippen molar-refractivity contribution < 1.29 is 13.2 Å². The van der Waals surface area contributed by atoms with E-state index >= 15 is 0 Å². The van der Waals surface area contributed by atoms with E-state index in [1.807, 2.05) is 0 Å². The van der Waals surface area contributed by atoms with Crippen LogP contribution < -0.4 is 10.5 Å². The molecule has 0 saturated heterocycles. The van der Waals surface area contributed by atoms with Crippen molar-refractivity contribution in [2.24, 2.45) is 11.1 Å². The second-order valence-electron chi connectivity index (χ2n) is 7.50. The Kier molecular flexibility index (Phi) is 7.78. The lowest BCUT2D eigenvalue weighted by atomic mass is 9.94. The summed E-state index contributed by atoms with van der Waals surface area (Å²) >= 11 is 0. The highest BCUT2D eigenvalue weighted by Gasteiger charge is 2.18. The largest absolute Gasteiger partial charge is 0.349 e. The van der Waals surface area contributed by atoms with Gasteiger partial charge in [-0.1, -0.05) is 63.6 Å². The number of aryl methyl sites for hydroxylation is 1. The van der Waals surface area contributed by atoms with Crippen LogP contribution in [0.4, 0.5) is 0 Å². The van der Waals surface area contributed by atoms with E-state index in [2.05, 4.69) is 50.4 Å². The molecule has 1 amide bonds. The van der Waals surface area contributed by atoms with E-state index in [9.17, 15) is 13.2 Å². The van der Waals surface area contributed by atoms with Crippen molar-refractivity contribution >= 4 is 15.9 Å². The predicted octanol–water partition coefficient (Wildman–Crippen LogP) is 3.73. The Morgan fingerprint density at radius 1 is 1.00 bits per heavy atom. The first-order chi connectivity index (χ1) is 13.2. The average molecular weight is 403 g/mol. The molecule has 0 aliphatic rings. The number of hydrogen-bond donors (Lipinski definition) is 2. The summed E-state index contributed by atoms with van der Waals surface area (Å²) in [5, 5.41) is 8.21. The number of hydrogen-bond acceptors (Lipinski definition) is 3. The summed E-state index contributed by atoms with van der Waals surface area (Å²) in [4.78, 5) is 12.6. The zero-order chi connectivity index (χ0) is 20.7. The Bertz CT molecular complexity index is 873. The van der Waals surface area contributed by atoms with Gasteiger partial charge in [-0.3, -0.25) is 4.79 Å². The monoisotopic (exact) mass is 402 g/mol. The van der Waals surface area contributed by atoms with Gasteiger partial charge < -0.3 is 5.32 Å². The molecule has 28 heavy (non-hydrogen) atoms. The lowest BCUT2D eigenvalue weighted by Crippen LogP contribution is -2.32. The van der Waals surface area contributed by atoms with Gasteiger partial charge in [-0.05, 0) is 47.6 Å². The van der Waals surface area contributed by atoms with Crippen molar-refractivity contribution in [1.29, 1.82) is 0 Å². The Balaban J connectivity index is 2.04. The smallest absolute Gasteiger partial charge is 0.238 e. The summed E-state index contributed by atoms with van der Waals surface area (Å²) in [7, 11) is -3.72. The summed E-state index contributed by atoms with van der Waals surface area (Å²) in [6.07, 6.45) is 3.60. The van der Waals surface area contributed by atoms with E-state index in [0.717, 1.165) is 17.5 Å². The van der Waals surface area contributed by atoms with Gasteiger partial charge in [0.1, 0.15) is 0 Å². The molecule has 2 rings (SSSR count). The predicted molar refractivity (Wildman–Crippen MR) is 112 cm³/mol. The molecule has 3 N–H and O–H groups in total. The van der Waals surface area contributed by atoms with E-state index in [4.69, 9.17) is 5.14 Å². The van der Waals surface area contributed by atoms with Gasteiger partial charge in [0.2, 0.25) is 15.9 Å². The lowest BCUT2D eigenvalue weighted by molar-refractivity contribution is -0.121. The summed E-state index contributed by atoms with van der Waals surface area (Å²) in [5.74, 6) is 0.146. The topological polar surface area (TPSA) is 89.3 Å². The van der Waals surface area contributed by atoms with Crippen LogP contribution in [0.15, 0.2) is 53.4 Å². The van der Waals surface area contributed by atoms with Gasteiger partial charge in [0, 0.05) is 0 Å². The Morgan fingerprint density at radius 3 is 2.07 bits per heavy atom. The van der Waals surface area contributed by atoms with Crippen molar-refractivity contribution in [3.05, 3.63) is 65.2 Å². The van der Waals surface area contributed by atoms with Gasteiger partial charge in [0.15, 0.2) is 0 Å². The van der Waals surface area contributed by atoms with Crippen molar-refractivity contribution in [3.63, 3.8) is 0 Å². The number of rotatable bonds is 9. The molecular weight excluding hydrogens is 372 g/mol. The average Bonchev–Trinajstić information content (AvgIpc) is 2.64. The number of sulfonamides is 1. The molecule has 1 atom stereocenters. The highest BCUT2D eigenvalue weighted by molar-refractivity contribution is 7.89. The molecule has 2 aromatic rings. The van der Waals surface area contributed by atoms with Crippen molar-refractivity contribution in [2.75, 3.05) is 0 Å². The third-order valence-corrected chi connectivity index (χ3v) is 5.69. The summed E-state index contributed by atoms with van der Waals surface area (Å²) in [6.45, 7) is 6.34. The minimum Gasteiger partial charge on any atom is -0.349 e. The first kappa shape index (κ1) is 22.1.